The summed E-state index contributed by atoms with van der Waals surface area (Å²) in [5.74, 6) is 2.14. The van der Waals surface area contributed by atoms with Crippen LogP contribution in [0, 0.1) is 0 Å². The number of hydrogen-bond acceptors (Lipinski definition) is 7. The van der Waals surface area contributed by atoms with Crippen LogP contribution in [0.5, 0.6) is 11.5 Å². The molecule has 19 heavy (non-hydrogen) atoms. The van der Waals surface area contributed by atoms with Gasteiger partial charge in [-0.05, 0) is 29.2 Å². The van der Waals surface area contributed by atoms with Crippen molar-refractivity contribution in [3.05, 3.63) is 30.1 Å². The second kappa shape index (κ2) is 6.74. The zero-order valence-corrected chi connectivity index (χ0v) is 12.3. The van der Waals surface area contributed by atoms with Crippen LogP contribution in [0.25, 0.3) is 0 Å². The van der Waals surface area contributed by atoms with E-state index in [2.05, 4.69) is 9.36 Å². The van der Waals surface area contributed by atoms with E-state index in [0.29, 0.717) is 11.5 Å². The Morgan fingerprint density at radius 2 is 2.11 bits per heavy atom. The maximum absolute atomic E-state index is 6.17. The smallest absolute Gasteiger partial charge is 0.169 e. The van der Waals surface area contributed by atoms with Crippen molar-refractivity contribution in [1.29, 1.82) is 0 Å². The van der Waals surface area contributed by atoms with E-state index in [1.807, 2.05) is 18.2 Å². The van der Waals surface area contributed by atoms with E-state index >= 15 is 0 Å². The zero-order chi connectivity index (χ0) is 13.7. The van der Waals surface area contributed by atoms with Gasteiger partial charge in [0.1, 0.15) is 6.33 Å². The van der Waals surface area contributed by atoms with E-state index in [1.54, 1.807) is 32.3 Å². The van der Waals surface area contributed by atoms with Crippen molar-refractivity contribution in [2.45, 2.75) is 10.4 Å². The molecule has 0 aliphatic rings. The summed E-state index contributed by atoms with van der Waals surface area (Å²) in [5, 5.41) is 0. The Bertz CT molecular complexity index is 520. The highest BCUT2D eigenvalue weighted by atomic mass is 32.2. The van der Waals surface area contributed by atoms with Gasteiger partial charge in [-0.15, -0.1) is 0 Å². The fraction of sp³-hybridized carbons (Fsp3) is 0.333. The van der Waals surface area contributed by atoms with Crippen LogP contribution in [0.15, 0.2) is 28.9 Å². The quantitative estimate of drug-likeness (QED) is 0.825. The summed E-state index contributed by atoms with van der Waals surface area (Å²) in [5.41, 5.74) is 7.17. The predicted octanol–water partition coefficient (Wildman–Crippen LogP) is 2.35. The van der Waals surface area contributed by atoms with Gasteiger partial charge in [0.25, 0.3) is 0 Å². The largest absolute Gasteiger partial charge is 0.493 e. The molecule has 0 saturated carbocycles. The van der Waals surface area contributed by atoms with Gasteiger partial charge < -0.3 is 15.2 Å². The molecule has 0 aliphatic carbocycles. The number of benzene rings is 1. The lowest BCUT2D eigenvalue weighted by Gasteiger charge is -2.14. The van der Waals surface area contributed by atoms with Crippen LogP contribution in [0.1, 0.15) is 11.6 Å². The van der Waals surface area contributed by atoms with E-state index in [0.717, 1.165) is 15.7 Å². The summed E-state index contributed by atoms with van der Waals surface area (Å²) < 4.78 is 15.4. The molecule has 1 aromatic heterocycles. The van der Waals surface area contributed by atoms with Crippen LogP contribution in [0.4, 0.5) is 0 Å². The number of ether oxygens (including phenoxy) is 2. The Morgan fingerprint density at radius 1 is 1.32 bits per heavy atom. The van der Waals surface area contributed by atoms with Crippen LogP contribution in [0.3, 0.4) is 0 Å². The number of hydrogen-bond donors (Lipinski definition) is 1. The first kappa shape index (κ1) is 14.1. The number of thioether (sulfide) groups is 1. The molecule has 0 fully saturated rings. The first-order chi connectivity index (χ1) is 9.24. The van der Waals surface area contributed by atoms with Crippen LogP contribution in [0.2, 0.25) is 0 Å². The van der Waals surface area contributed by atoms with E-state index in [9.17, 15) is 0 Å². The van der Waals surface area contributed by atoms with Gasteiger partial charge in [-0.1, -0.05) is 17.8 Å². The molecule has 1 aromatic carbocycles. The van der Waals surface area contributed by atoms with Crippen molar-refractivity contribution in [3.8, 4) is 11.5 Å². The molecule has 5 nitrogen and oxygen atoms in total. The molecule has 0 aliphatic heterocycles. The van der Waals surface area contributed by atoms with Crippen LogP contribution >= 0.6 is 23.3 Å². The molecule has 2 rings (SSSR count). The van der Waals surface area contributed by atoms with Crippen molar-refractivity contribution < 1.29 is 9.47 Å². The SMILES string of the molecule is COc1ccc(C(N)CSc2ncns2)cc1OC. The van der Waals surface area contributed by atoms with Gasteiger partial charge in [0.15, 0.2) is 15.8 Å². The molecular formula is C12H15N3O2S2. The molecule has 2 aromatic rings. The highest BCUT2D eigenvalue weighted by molar-refractivity contribution is 8.00. The Balaban J connectivity index is 2.04. The average Bonchev–Trinajstić information content (AvgIpc) is 2.97. The van der Waals surface area contributed by atoms with Crippen LogP contribution in [-0.2, 0) is 0 Å². The molecule has 0 radical (unpaired) electrons. The minimum atomic E-state index is -0.0892. The van der Waals surface area contributed by atoms with Crippen molar-refractivity contribution in [2.24, 2.45) is 5.73 Å². The van der Waals surface area contributed by atoms with Crippen molar-refractivity contribution in [2.75, 3.05) is 20.0 Å². The normalized spacial score (nSPS) is 12.2. The van der Waals surface area contributed by atoms with Gasteiger partial charge >= 0.3 is 0 Å². The number of nitrogens with two attached hydrogens (primary N) is 1. The molecular weight excluding hydrogens is 282 g/mol. The molecule has 2 N–H and O–H groups in total. The predicted molar refractivity (Wildman–Crippen MR) is 77.1 cm³/mol. The lowest BCUT2D eigenvalue weighted by atomic mass is 10.1. The van der Waals surface area contributed by atoms with Gasteiger partial charge in [0.05, 0.1) is 14.2 Å². The monoisotopic (exact) mass is 297 g/mol. The van der Waals surface area contributed by atoms with Crippen molar-refractivity contribution >= 4 is 23.3 Å². The summed E-state index contributed by atoms with van der Waals surface area (Å²) in [6.45, 7) is 0. The standard InChI is InChI=1S/C12H15N3O2S2/c1-16-10-4-3-8(5-11(10)17-2)9(13)6-18-12-14-7-15-19-12/h3-5,7,9H,6,13H2,1-2H3. The molecule has 102 valence electrons. The minimum Gasteiger partial charge on any atom is -0.493 e. The lowest BCUT2D eigenvalue weighted by molar-refractivity contribution is 0.354. The topological polar surface area (TPSA) is 70.3 Å². The summed E-state index contributed by atoms with van der Waals surface area (Å²) in [6.07, 6.45) is 1.55. The molecule has 0 bridgehead atoms. The van der Waals surface area contributed by atoms with E-state index in [1.165, 1.54) is 11.5 Å². The first-order valence-electron chi connectivity index (χ1n) is 5.61. The van der Waals surface area contributed by atoms with Crippen LogP contribution in [-0.4, -0.2) is 29.3 Å². The lowest BCUT2D eigenvalue weighted by Crippen LogP contribution is -2.13. The number of aromatic nitrogens is 2. The van der Waals surface area contributed by atoms with Gasteiger partial charge in [-0.25, -0.2) is 4.98 Å². The van der Waals surface area contributed by atoms with Gasteiger partial charge in [-0.3, -0.25) is 0 Å². The molecule has 0 saturated heterocycles. The number of rotatable bonds is 6. The highest BCUT2D eigenvalue weighted by Crippen LogP contribution is 2.31. The summed E-state index contributed by atoms with van der Waals surface area (Å²) in [6, 6.07) is 5.63. The molecule has 1 atom stereocenters. The van der Waals surface area contributed by atoms with E-state index < -0.39 is 0 Å². The Morgan fingerprint density at radius 3 is 2.74 bits per heavy atom. The summed E-state index contributed by atoms with van der Waals surface area (Å²) >= 11 is 2.98. The third kappa shape index (κ3) is 3.59. The first-order valence-corrected chi connectivity index (χ1v) is 7.37. The molecule has 7 heteroatoms. The number of nitrogens with zero attached hydrogens (tertiary/aromatic N) is 2. The maximum atomic E-state index is 6.17. The van der Waals surface area contributed by atoms with Gasteiger partial charge in [0.2, 0.25) is 0 Å². The minimum absolute atomic E-state index is 0.0892. The third-order valence-corrected chi connectivity index (χ3v) is 4.48. The summed E-state index contributed by atoms with van der Waals surface area (Å²) in [7, 11) is 3.23. The van der Waals surface area contributed by atoms with Gasteiger partial charge in [0, 0.05) is 11.8 Å². The Kier molecular flexibility index (Phi) is 5.00. The average molecular weight is 297 g/mol. The van der Waals surface area contributed by atoms with Gasteiger partial charge in [-0.2, -0.15) is 4.37 Å². The maximum Gasteiger partial charge on any atom is 0.169 e. The fourth-order valence-corrected chi connectivity index (χ4v) is 3.03. The zero-order valence-electron chi connectivity index (χ0n) is 10.7. The highest BCUT2D eigenvalue weighted by Gasteiger charge is 2.11. The van der Waals surface area contributed by atoms with Crippen molar-refractivity contribution in [1.82, 2.24) is 9.36 Å². The summed E-state index contributed by atoms with van der Waals surface area (Å²) in [4.78, 5) is 4.11. The van der Waals surface area contributed by atoms with Crippen molar-refractivity contribution in [3.63, 3.8) is 0 Å². The molecule has 0 spiro atoms. The van der Waals surface area contributed by atoms with Crippen LogP contribution < -0.4 is 15.2 Å². The Labute approximate surface area is 120 Å². The molecule has 1 unspecified atom stereocenters. The number of methoxy groups -OCH3 is 2. The van der Waals surface area contributed by atoms with E-state index in [-0.39, 0.29) is 6.04 Å². The third-order valence-electron chi connectivity index (χ3n) is 2.56. The fourth-order valence-electron chi connectivity index (χ4n) is 1.57. The molecule has 0 amide bonds. The Hall–Kier alpha value is -1.31. The van der Waals surface area contributed by atoms with E-state index in [4.69, 9.17) is 15.2 Å². The molecule has 1 heterocycles. The second-order valence-electron chi connectivity index (χ2n) is 3.74. The second-order valence-corrected chi connectivity index (χ2v) is 5.79.